The molecule has 5 heteroatoms. The molecule has 1 atom stereocenters. The Morgan fingerprint density at radius 3 is 2.26 bits per heavy atom. The van der Waals surface area contributed by atoms with Crippen LogP contribution in [0.3, 0.4) is 0 Å². The van der Waals surface area contributed by atoms with Gasteiger partial charge in [-0.05, 0) is 53.6 Å². The Kier molecular flexibility index (Phi) is 3.80. The third-order valence-electron chi connectivity index (χ3n) is 4.51. The average Bonchev–Trinajstić information content (AvgIpc) is 2.57. The first-order valence-electron chi connectivity index (χ1n) is 7.19. The lowest BCUT2D eigenvalue weighted by atomic mass is 9.82. The topological polar surface area (TPSA) is 58.8 Å². The van der Waals surface area contributed by atoms with E-state index < -0.39 is 5.60 Å². The molecule has 0 aliphatic carbocycles. The van der Waals surface area contributed by atoms with Gasteiger partial charge in [-0.1, -0.05) is 0 Å². The molecule has 2 heterocycles. The van der Waals surface area contributed by atoms with Crippen molar-refractivity contribution in [3.05, 3.63) is 0 Å². The summed E-state index contributed by atoms with van der Waals surface area (Å²) in [5.74, 6) is 0. The molecule has 2 fully saturated rings. The van der Waals surface area contributed by atoms with Gasteiger partial charge in [0, 0.05) is 24.7 Å². The lowest BCUT2D eigenvalue weighted by Gasteiger charge is -2.45. The van der Waals surface area contributed by atoms with Gasteiger partial charge in [0.15, 0.2) is 0 Å². The molecule has 1 unspecified atom stereocenters. The Hall–Kier alpha value is -0.810. The van der Waals surface area contributed by atoms with Crippen LogP contribution in [-0.2, 0) is 4.74 Å². The van der Waals surface area contributed by atoms with Gasteiger partial charge in [0.25, 0.3) is 0 Å². The lowest BCUT2D eigenvalue weighted by Crippen LogP contribution is -2.59. The molecule has 2 aliphatic heterocycles. The number of nitrogens with two attached hydrogens (primary N) is 1. The first-order valence-corrected chi connectivity index (χ1v) is 7.19. The van der Waals surface area contributed by atoms with Crippen molar-refractivity contribution in [3.8, 4) is 0 Å². The van der Waals surface area contributed by atoms with Gasteiger partial charge in [-0.25, -0.2) is 4.79 Å². The van der Waals surface area contributed by atoms with Gasteiger partial charge in [-0.2, -0.15) is 0 Å². The molecule has 2 N–H and O–H groups in total. The van der Waals surface area contributed by atoms with Crippen molar-refractivity contribution in [2.45, 2.75) is 57.2 Å². The summed E-state index contributed by atoms with van der Waals surface area (Å²) in [7, 11) is 2.15. The van der Waals surface area contributed by atoms with Gasteiger partial charge in [0.2, 0.25) is 0 Å². The van der Waals surface area contributed by atoms with Crippen LogP contribution in [0.2, 0.25) is 0 Å². The molecule has 5 nitrogen and oxygen atoms in total. The van der Waals surface area contributed by atoms with Gasteiger partial charge < -0.3 is 15.4 Å². The lowest BCUT2D eigenvalue weighted by molar-refractivity contribution is 0.00424. The van der Waals surface area contributed by atoms with Crippen molar-refractivity contribution in [1.82, 2.24) is 9.80 Å². The van der Waals surface area contributed by atoms with Crippen molar-refractivity contribution in [3.63, 3.8) is 0 Å². The summed E-state index contributed by atoms with van der Waals surface area (Å²) in [6.07, 6.45) is 2.76. The van der Waals surface area contributed by atoms with E-state index in [1.807, 2.05) is 25.7 Å². The third kappa shape index (κ3) is 2.87. The summed E-state index contributed by atoms with van der Waals surface area (Å²) < 4.78 is 5.42. The van der Waals surface area contributed by atoms with E-state index in [1.165, 1.54) is 0 Å². The van der Waals surface area contributed by atoms with Crippen LogP contribution in [0.5, 0.6) is 0 Å². The Bertz CT molecular complexity index is 331. The summed E-state index contributed by atoms with van der Waals surface area (Å²) in [6.45, 7) is 8.25. The Morgan fingerprint density at radius 2 is 1.84 bits per heavy atom. The van der Waals surface area contributed by atoms with E-state index in [0.29, 0.717) is 0 Å². The number of carbonyl (C=O) groups excluding carboxylic acids is 1. The summed E-state index contributed by atoms with van der Waals surface area (Å²) >= 11 is 0. The minimum atomic E-state index is -0.424. The van der Waals surface area contributed by atoms with Gasteiger partial charge in [-0.15, -0.1) is 0 Å². The van der Waals surface area contributed by atoms with E-state index in [1.54, 1.807) is 0 Å². The number of rotatable bonds is 0. The van der Waals surface area contributed by atoms with E-state index in [4.69, 9.17) is 10.5 Å². The fraction of sp³-hybridized carbons (Fsp3) is 0.929. The van der Waals surface area contributed by atoms with Crippen molar-refractivity contribution >= 4 is 6.09 Å². The second-order valence-electron chi connectivity index (χ2n) is 6.89. The van der Waals surface area contributed by atoms with E-state index in [0.717, 1.165) is 38.9 Å². The molecule has 0 saturated carbocycles. The summed E-state index contributed by atoms with van der Waals surface area (Å²) in [6, 6.07) is 0.235. The fourth-order valence-electron chi connectivity index (χ4n) is 3.26. The minimum Gasteiger partial charge on any atom is -0.444 e. The maximum Gasteiger partial charge on any atom is 0.410 e. The highest BCUT2D eigenvalue weighted by Crippen LogP contribution is 2.36. The zero-order chi connectivity index (χ0) is 14.3. The Labute approximate surface area is 116 Å². The maximum absolute atomic E-state index is 12.0. The van der Waals surface area contributed by atoms with E-state index in [-0.39, 0.29) is 17.7 Å². The molecule has 110 valence electrons. The fourth-order valence-corrected chi connectivity index (χ4v) is 3.26. The quantitative estimate of drug-likeness (QED) is 0.722. The normalized spacial score (nSPS) is 27.8. The molecule has 0 aromatic carbocycles. The van der Waals surface area contributed by atoms with Gasteiger partial charge in [-0.3, -0.25) is 4.90 Å². The molecule has 2 aliphatic rings. The number of amides is 1. The second-order valence-corrected chi connectivity index (χ2v) is 6.89. The third-order valence-corrected chi connectivity index (χ3v) is 4.51. The molecule has 0 aromatic heterocycles. The molecule has 1 spiro atoms. The highest BCUT2D eigenvalue weighted by molar-refractivity contribution is 5.68. The van der Waals surface area contributed by atoms with Crippen LogP contribution in [-0.4, -0.2) is 59.8 Å². The number of hydrogen-bond donors (Lipinski definition) is 1. The highest BCUT2D eigenvalue weighted by Gasteiger charge is 2.47. The first kappa shape index (κ1) is 14.6. The van der Waals surface area contributed by atoms with Gasteiger partial charge in [0.05, 0.1) is 0 Å². The monoisotopic (exact) mass is 269 g/mol. The Morgan fingerprint density at radius 1 is 1.26 bits per heavy atom. The van der Waals surface area contributed by atoms with Crippen LogP contribution in [0.15, 0.2) is 0 Å². The minimum absolute atomic E-state index is 0.0957. The average molecular weight is 269 g/mol. The molecule has 1 amide bonds. The highest BCUT2D eigenvalue weighted by atomic mass is 16.6. The maximum atomic E-state index is 12.0. The van der Waals surface area contributed by atoms with E-state index in [9.17, 15) is 4.79 Å². The number of hydrogen-bond acceptors (Lipinski definition) is 4. The van der Waals surface area contributed by atoms with Gasteiger partial charge >= 0.3 is 6.09 Å². The largest absolute Gasteiger partial charge is 0.444 e. The van der Waals surface area contributed by atoms with Crippen molar-refractivity contribution in [2.24, 2.45) is 5.73 Å². The standard InChI is InChI=1S/C14H27N3O2/c1-13(2,3)19-12(18)17-9-6-14(7-10-17)11(15)5-8-16(14)4/h11H,5-10,15H2,1-4H3. The number of likely N-dealkylation sites (N-methyl/N-ethyl adjacent to an activating group) is 1. The summed E-state index contributed by atoms with van der Waals surface area (Å²) in [5.41, 5.74) is 5.95. The van der Waals surface area contributed by atoms with Crippen LogP contribution in [0, 0.1) is 0 Å². The zero-order valence-corrected chi connectivity index (χ0v) is 12.6. The number of likely N-dealkylation sites (tertiary alicyclic amines) is 2. The van der Waals surface area contributed by atoms with Crippen LogP contribution >= 0.6 is 0 Å². The van der Waals surface area contributed by atoms with Crippen molar-refractivity contribution in [2.75, 3.05) is 26.7 Å². The second kappa shape index (κ2) is 4.94. The Balaban J connectivity index is 1.94. The van der Waals surface area contributed by atoms with Crippen LogP contribution in [0.4, 0.5) is 4.79 Å². The number of carbonyl (C=O) groups is 1. The molecule has 0 aromatic rings. The van der Waals surface area contributed by atoms with Crippen molar-refractivity contribution in [1.29, 1.82) is 0 Å². The first-order chi connectivity index (χ1) is 8.74. The van der Waals surface area contributed by atoms with E-state index in [2.05, 4.69) is 11.9 Å². The molecule has 2 saturated heterocycles. The number of piperidine rings is 1. The van der Waals surface area contributed by atoms with Crippen molar-refractivity contribution < 1.29 is 9.53 Å². The smallest absolute Gasteiger partial charge is 0.410 e. The van der Waals surface area contributed by atoms with E-state index >= 15 is 0 Å². The predicted octanol–water partition coefficient (Wildman–Crippen LogP) is 1.42. The summed E-state index contributed by atoms with van der Waals surface area (Å²) in [5, 5.41) is 0. The predicted molar refractivity (Wildman–Crippen MR) is 75.0 cm³/mol. The number of nitrogens with zero attached hydrogens (tertiary/aromatic N) is 2. The summed E-state index contributed by atoms with van der Waals surface area (Å²) in [4.78, 5) is 16.2. The van der Waals surface area contributed by atoms with Crippen LogP contribution in [0.25, 0.3) is 0 Å². The molecule has 2 rings (SSSR count). The zero-order valence-electron chi connectivity index (χ0n) is 12.6. The molecule has 0 radical (unpaired) electrons. The number of ether oxygens (including phenoxy) is 1. The van der Waals surface area contributed by atoms with Crippen LogP contribution < -0.4 is 5.73 Å². The molecule has 0 bridgehead atoms. The van der Waals surface area contributed by atoms with Gasteiger partial charge in [0.1, 0.15) is 5.60 Å². The molecular formula is C14H27N3O2. The molecule has 19 heavy (non-hydrogen) atoms. The van der Waals surface area contributed by atoms with Crippen LogP contribution in [0.1, 0.15) is 40.0 Å². The molecular weight excluding hydrogens is 242 g/mol. The SMILES string of the molecule is CN1CCC(N)C12CCN(C(=O)OC(C)(C)C)CC2.